The molecule has 1 aromatic heterocycles. The molecule has 1 aliphatic rings. The second-order valence-corrected chi connectivity index (χ2v) is 5.04. The van der Waals surface area contributed by atoms with Crippen LogP contribution in [0.1, 0.15) is 43.7 Å². The fraction of sp³-hybridized carbons (Fsp3) is 0.750. The zero-order valence-electron chi connectivity index (χ0n) is 9.95. The molecule has 3 nitrogen and oxygen atoms in total. The fourth-order valence-corrected chi connectivity index (χ4v) is 2.98. The predicted octanol–water partition coefficient (Wildman–Crippen LogP) is 3.08. The van der Waals surface area contributed by atoms with Crippen molar-refractivity contribution < 1.29 is 4.74 Å². The highest BCUT2D eigenvalue weighted by molar-refractivity contribution is 6.21. The number of hydrogen-bond acceptors (Lipinski definition) is 2. The van der Waals surface area contributed by atoms with Crippen LogP contribution in [-0.4, -0.2) is 22.3 Å². The molecular formula is C12H19ClN2O. The van der Waals surface area contributed by atoms with Crippen LogP contribution in [0.5, 0.6) is 5.75 Å². The minimum Gasteiger partial charge on any atom is -0.493 e. The lowest BCUT2D eigenvalue weighted by atomic mass is 9.95. The summed E-state index contributed by atoms with van der Waals surface area (Å²) in [5.74, 6) is 1.26. The number of halogens is 1. The standard InChI is InChI=1S/C12H19ClN2O/c1-15-12(11(16-2)8-14-15)9-6-4-3-5-7-10(9)13/h8-10H,3-7H2,1-2H3. The quantitative estimate of drug-likeness (QED) is 0.589. The number of ether oxygens (including phenoxy) is 1. The lowest BCUT2D eigenvalue weighted by Gasteiger charge is -2.20. The number of aryl methyl sites for hydroxylation is 1. The van der Waals surface area contributed by atoms with E-state index in [0.717, 1.165) is 24.3 Å². The van der Waals surface area contributed by atoms with Crippen LogP contribution in [0, 0.1) is 0 Å². The van der Waals surface area contributed by atoms with Crippen LogP contribution in [0.4, 0.5) is 0 Å². The number of rotatable bonds is 2. The molecule has 1 heterocycles. The molecule has 0 bridgehead atoms. The molecule has 1 saturated carbocycles. The van der Waals surface area contributed by atoms with E-state index >= 15 is 0 Å². The molecule has 90 valence electrons. The zero-order chi connectivity index (χ0) is 11.5. The maximum Gasteiger partial charge on any atom is 0.160 e. The fourth-order valence-electron chi connectivity index (χ4n) is 2.58. The van der Waals surface area contributed by atoms with Gasteiger partial charge >= 0.3 is 0 Å². The number of alkyl halides is 1. The highest BCUT2D eigenvalue weighted by Crippen LogP contribution is 2.38. The third kappa shape index (κ3) is 2.19. The Hall–Kier alpha value is -0.700. The molecule has 2 atom stereocenters. The molecule has 0 N–H and O–H groups in total. The third-order valence-corrected chi connectivity index (χ3v) is 3.97. The Bertz CT molecular complexity index is 351. The van der Waals surface area contributed by atoms with Gasteiger partial charge in [-0.05, 0) is 12.8 Å². The van der Waals surface area contributed by atoms with Gasteiger partial charge in [0.2, 0.25) is 0 Å². The molecule has 2 rings (SSSR count). The summed E-state index contributed by atoms with van der Waals surface area (Å²) in [5, 5.41) is 4.48. The van der Waals surface area contributed by atoms with Crippen LogP contribution in [0.25, 0.3) is 0 Å². The van der Waals surface area contributed by atoms with Crippen LogP contribution in [-0.2, 0) is 7.05 Å². The Balaban J connectivity index is 2.29. The van der Waals surface area contributed by atoms with Crippen molar-refractivity contribution in [3.05, 3.63) is 11.9 Å². The van der Waals surface area contributed by atoms with Crippen molar-refractivity contribution in [1.82, 2.24) is 9.78 Å². The maximum atomic E-state index is 6.48. The van der Waals surface area contributed by atoms with Crippen molar-refractivity contribution in [3.63, 3.8) is 0 Å². The average molecular weight is 243 g/mol. The highest BCUT2D eigenvalue weighted by Gasteiger charge is 2.28. The van der Waals surface area contributed by atoms with E-state index in [1.165, 1.54) is 19.3 Å². The number of aromatic nitrogens is 2. The van der Waals surface area contributed by atoms with E-state index < -0.39 is 0 Å². The van der Waals surface area contributed by atoms with E-state index in [9.17, 15) is 0 Å². The van der Waals surface area contributed by atoms with Crippen molar-refractivity contribution in [2.24, 2.45) is 7.05 Å². The Morgan fingerprint density at radius 2 is 2.12 bits per heavy atom. The van der Waals surface area contributed by atoms with E-state index in [-0.39, 0.29) is 5.38 Å². The minimum atomic E-state index is 0.215. The summed E-state index contributed by atoms with van der Waals surface area (Å²) in [6, 6.07) is 0. The summed E-state index contributed by atoms with van der Waals surface area (Å²) in [6.45, 7) is 0. The zero-order valence-corrected chi connectivity index (χ0v) is 10.7. The Kier molecular flexibility index (Phi) is 3.74. The normalized spacial score (nSPS) is 26.4. The first-order chi connectivity index (χ1) is 7.74. The SMILES string of the molecule is COc1cnn(C)c1C1CCCCCC1Cl. The molecule has 16 heavy (non-hydrogen) atoms. The molecule has 1 aromatic rings. The van der Waals surface area contributed by atoms with Gasteiger partial charge in [0.1, 0.15) is 0 Å². The van der Waals surface area contributed by atoms with Crippen molar-refractivity contribution >= 4 is 11.6 Å². The van der Waals surface area contributed by atoms with Crippen LogP contribution < -0.4 is 4.74 Å². The van der Waals surface area contributed by atoms with E-state index in [1.807, 2.05) is 11.7 Å². The average Bonchev–Trinajstić information content (AvgIpc) is 2.51. The van der Waals surface area contributed by atoms with Gasteiger partial charge in [-0.15, -0.1) is 11.6 Å². The minimum absolute atomic E-state index is 0.215. The van der Waals surface area contributed by atoms with E-state index in [2.05, 4.69) is 5.10 Å². The van der Waals surface area contributed by atoms with E-state index in [0.29, 0.717) is 5.92 Å². The van der Waals surface area contributed by atoms with Gasteiger partial charge in [-0.1, -0.05) is 19.3 Å². The molecule has 1 aliphatic carbocycles. The highest BCUT2D eigenvalue weighted by atomic mass is 35.5. The molecule has 0 radical (unpaired) electrons. The van der Waals surface area contributed by atoms with Gasteiger partial charge in [0.05, 0.1) is 19.0 Å². The van der Waals surface area contributed by atoms with E-state index in [1.54, 1.807) is 13.3 Å². The first kappa shape index (κ1) is 11.8. The summed E-state index contributed by atoms with van der Waals surface area (Å²) < 4.78 is 7.27. The molecule has 2 unspecified atom stereocenters. The number of nitrogens with zero attached hydrogens (tertiary/aromatic N) is 2. The second kappa shape index (κ2) is 5.09. The first-order valence-corrected chi connectivity index (χ1v) is 6.37. The van der Waals surface area contributed by atoms with Crippen molar-refractivity contribution in [1.29, 1.82) is 0 Å². The van der Waals surface area contributed by atoms with Crippen molar-refractivity contribution in [2.45, 2.75) is 43.4 Å². The molecule has 0 saturated heterocycles. The Labute approximate surface area is 102 Å². The molecule has 0 aliphatic heterocycles. The molecule has 4 heteroatoms. The lowest BCUT2D eigenvalue weighted by molar-refractivity contribution is 0.398. The summed E-state index contributed by atoms with van der Waals surface area (Å²) in [7, 11) is 3.66. The van der Waals surface area contributed by atoms with Gasteiger partial charge in [0.15, 0.2) is 5.75 Å². The summed E-state index contributed by atoms with van der Waals surface area (Å²) >= 11 is 6.48. The van der Waals surface area contributed by atoms with Crippen LogP contribution in [0.3, 0.4) is 0 Å². The number of methoxy groups -OCH3 is 1. The third-order valence-electron chi connectivity index (χ3n) is 3.45. The topological polar surface area (TPSA) is 27.1 Å². The Morgan fingerprint density at radius 3 is 2.88 bits per heavy atom. The first-order valence-electron chi connectivity index (χ1n) is 5.94. The summed E-state index contributed by atoms with van der Waals surface area (Å²) in [5.41, 5.74) is 1.16. The van der Waals surface area contributed by atoms with Crippen LogP contribution in [0.15, 0.2) is 6.20 Å². The monoisotopic (exact) mass is 242 g/mol. The second-order valence-electron chi connectivity index (χ2n) is 4.48. The smallest absolute Gasteiger partial charge is 0.160 e. The van der Waals surface area contributed by atoms with Gasteiger partial charge in [0, 0.05) is 18.3 Å². The summed E-state index contributed by atoms with van der Waals surface area (Å²) in [4.78, 5) is 0. The molecule has 1 fully saturated rings. The lowest BCUT2D eigenvalue weighted by Crippen LogP contribution is -2.16. The molecule has 0 spiro atoms. The van der Waals surface area contributed by atoms with Crippen LogP contribution >= 0.6 is 11.6 Å². The molecule has 0 aromatic carbocycles. The van der Waals surface area contributed by atoms with Crippen molar-refractivity contribution in [3.8, 4) is 5.75 Å². The van der Waals surface area contributed by atoms with Gasteiger partial charge in [-0.3, -0.25) is 4.68 Å². The molecular weight excluding hydrogens is 224 g/mol. The number of hydrogen-bond donors (Lipinski definition) is 0. The van der Waals surface area contributed by atoms with Gasteiger partial charge in [-0.25, -0.2) is 0 Å². The summed E-state index contributed by atoms with van der Waals surface area (Å²) in [6.07, 6.45) is 7.81. The maximum absolute atomic E-state index is 6.48. The van der Waals surface area contributed by atoms with Gasteiger partial charge in [-0.2, -0.15) is 5.10 Å². The Morgan fingerprint density at radius 1 is 1.38 bits per heavy atom. The van der Waals surface area contributed by atoms with Crippen LogP contribution in [0.2, 0.25) is 0 Å². The predicted molar refractivity (Wildman–Crippen MR) is 65.2 cm³/mol. The largest absolute Gasteiger partial charge is 0.493 e. The van der Waals surface area contributed by atoms with Crippen molar-refractivity contribution in [2.75, 3.05) is 7.11 Å². The molecule has 0 amide bonds. The van der Waals surface area contributed by atoms with Gasteiger partial charge in [0.25, 0.3) is 0 Å². The van der Waals surface area contributed by atoms with E-state index in [4.69, 9.17) is 16.3 Å². The van der Waals surface area contributed by atoms with Gasteiger partial charge < -0.3 is 4.74 Å².